The molecule has 1 saturated heterocycles. The van der Waals surface area contributed by atoms with Crippen molar-refractivity contribution in [2.24, 2.45) is 5.92 Å². The van der Waals surface area contributed by atoms with Gasteiger partial charge in [0.15, 0.2) is 0 Å². The van der Waals surface area contributed by atoms with Crippen molar-refractivity contribution in [2.75, 3.05) is 40.0 Å². The lowest BCUT2D eigenvalue weighted by Gasteiger charge is -2.36. The fraction of sp³-hybridized carbons (Fsp3) is 0.682. The Hall–Kier alpha value is -1.79. The van der Waals surface area contributed by atoms with Gasteiger partial charge >= 0.3 is 6.03 Å². The minimum absolute atomic E-state index is 0.0374. The second-order valence-corrected chi connectivity index (χ2v) is 8.29. The van der Waals surface area contributed by atoms with Crippen molar-refractivity contribution >= 4 is 6.03 Å². The minimum atomic E-state index is 0.0374. The van der Waals surface area contributed by atoms with E-state index in [0.29, 0.717) is 31.1 Å². The summed E-state index contributed by atoms with van der Waals surface area (Å²) in [6, 6.07) is 8.69. The van der Waals surface area contributed by atoms with Gasteiger partial charge < -0.3 is 19.7 Å². The summed E-state index contributed by atoms with van der Waals surface area (Å²) in [5, 5.41) is 3.23. The summed E-state index contributed by atoms with van der Waals surface area (Å²) in [5.41, 5.74) is 1.05. The zero-order valence-corrected chi connectivity index (χ0v) is 17.5. The van der Waals surface area contributed by atoms with Crippen molar-refractivity contribution in [1.82, 2.24) is 15.1 Å². The van der Waals surface area contributed by atoms with E-state index in [4.69, 9.17) is 9.47 Å². The molecule has 1 aliphatic heterocycles. The summed E-state index contributed by atoms with van der Waals surface area (Å²) in [7, 11) is 1.68. The number of urea groups is 1. The van der Waals surface area contributed by atoms with Gasteiger partial charge in [-0.3, -0.25) is 4.90 Å². The molecule has 1 atom stereocenters. The van der Waals surface area contributed by atoms with E-state index in [1.54, 1.807) is 7.11 Å². The second-order valence-electron chi connectivity index (χ2n) is 8.29. The molecule has 0 aromatic heterocycles. The Labute approximate surface area is 169 Å². The summed E-state index contributed by atoms with van der Waals surface area (Å²) in [6.45, 7) is 9.22. The Kier molecular flexibility index (Phi) is 7.57. The number of nitrogens with zero attached hydrogens (tertiary/aromatic N) is 2. The number of hydrogen-bond acceptors (Lipinski definition) is 4. The van der Waals surface area contributed by atoms with E-state index in [9.17, 15) is 4.79 Å². The number of morpholine rings is 1. The summed E-state index contributed by atoms with van der Waals surface area (Å²) in [5.74, 6) is 1.44. The van der Waals surface area contributed by atoms with Crippen LogP contribution in [0, 0.1) is 5.92 Å². The molecule has 6 heteroatoms. The van der Waals surface area contributed by atoms with Crippen LogP contribution in [0.4, 0.5) is 4.79 Å². The molecule has 0 bridgehead atoms. The van der Waals surface area contributed by atoms with Crippen LogP contribution in [0.5, 0.6) is 5.75 Å². The molecule has 6 nitrogen and oxygen atoms in total. The van der Waals surface area contributed by atoms with E-state index in [1.807, 2.05) is 29.2 Å². The summed E-state index contributed by atoms with van der Waals surface area (Å²) < 4.78 is 11.0. The first-order valence-electron chi connectivity index (χ1n) is 10.6. The molecule has 1 heterocycles. The van der Waals surface area contributed by atoms with Crippen molar-refractivity contribution in [3.05, 3.63) is 29.8 Å². The summed E-state index contributed by atoms with van der Waals surface area (Å²) >= 11 is 0. The number of para-hydroxylation sites is 1. The number of ether oxygens (including phenoxy) is 2. The van der Waals surface area contributed by atoms with Gasteiger partial charge in [-0.1, -0.05) is 32.0 Å². The average Bonchev–Trinajstić information content (AvgIpc) is 3.55. The van der Waals surface area contributed by atoms with Crippen LogP contribution in [0.1, 0.15) is 38.7 Å². The Morgan fingerprint density at radius 1 is 1.29 bits per heavy atom. The topological polar surface area (TPSA) is 54.0 Å². The van der Waals surface area contributed by atoms with Gasteiger partial charge in [0.2, 0.25) is 0 Å². The first-order chi connectivity index (χ1) is 13.6. The lowest BCUT2D eigenvalue weighted by atomic mass is 10.0. The number of benzene rings is 1. The van der Waals surface area contributed by atoms with E-state index in [1.165, 1.54) is 0 Å². The number of carbonyl (C=O) groups excluding carboxylic acids is 1. The van der Waals surface area contributed by atoms with Crippen LogP contribution < -0.4 is 10.1 Å². The number of rotatable bonds is 9. The van der Waals surface area contributed by atoms with Crippen molar-refractivity contribution in [3.8, 4) is 5.75 Å². The highest BCUT2D eigenvalue weighted by Crippen LogP contribution is 2.30. The zero-order chi connectivity index (χ0) is 19.9. The molecule has 2 aliphatic rings. The molecule has 1 N–H and O–H groups in total. The molecule has 2 fully saturated rings. The zero-order valence-electron chi connectivity index (χ0n) is 17.5. The van der Waals surface area contributed by atoms with Gasteiger partial charge in [0.1, 0.15) is 5.75 Å². The highest BCUT2D eigenvalue weighted by atomic mass is 16.5. The number of nitrogens with one attached hydrogen (secondary N) is 1. The molecule has 0 radical (unpaired) electrons. The van der Waals surface area contributed by atoms with Crippen molar-refractivity contribution < 1.29 is 14.3 Å². The fourth-order valence-corrected chi connectivity index (χ4v) is 3.92. The molecule has 1 aliphatic carbocycles. The predicted octanol–water partition coefficient (Wildman–Crippen LogP) is 3.12. The highest BCUT2D eigenvalue weighted by molar-refractivity contribution is 5.75. The Balaban J connectivity index is 1.61. The number of hydrogen-bond donors (Lipinski definition) is 1. The van der Waals surface area contributed by atoms with E-state index in [2.05, 4.69) is 24.1 Å². The maximum Gasteiger partial charge on any atom is 0.318 e. The van der Waals surface area contributed by atoms with Crippen LogP contribution in [0.3, 0.4) is 0 Å². The third kappa shape index (κ3) is 5.85. The number of amides is 2. The van der Waals surface area contributed by atoms with Crippen molar-refractivity contribution in [1.29, 1.82) is 0 Å². The van der Waals surface area contributed by atoms with Crippen LogP contribution in [-0.2, 0) is 11.3 Å². The standard InChI is InChI=1S/C22H35N3O3/c1-17(2)14-20(24-10-12-28-13-11-24)15-23-22(26)25(19-8-9-19)16-18-6-4-5-7-21(18)27-3/h4-7,17,19-20H,8-16H2,1-3H3,(H,23,26). The molecular formula is C22H35N3O3. The normalized spacial score (nSPS) is 18.7. The first kappa shape index (κ1) is 20.9. The number of carbonyl (C=O) groups is 1. The van der Waals surface area contributed by atoms with E-state index < -0.39 is 0 Å². The highest BCUT2D eigenvalue weighted by Gasteiger charge is 2.33. The van der Waals surface area contributed by atoms with Crippen molar-refractivity contribution in [3.63, 3.8) is 0 Å². The first-order valence-corrected chi connectivity index (χ1v) is 10.6. The van der Waals surface area contributed by atoms with Gasteiger partial charge in [-0.05, 0) is 31.2 Å². The summed E-state index contributed by atoms with van der Waals surface area (Å²) in [4.78, 5) is 17.5. The molecule has 1 saturated carbocycles. The molecule has 3 rings (SSSR count). The van der Waals surface area contributed by atoms with E-state index >= 15 is 0 Å². The molecule has 1 unspecified atom stereocenters. The minimum Gasteiger partial charge on any atom is -0.496 e. The molecule has 0 spiro atoms. The Morgan fingerprint density at radius 3 is 2.64 bits per heavy atom. The van der Waals surface area contributed by atoms with Gasteiger partial charge in [0, 0.05) is 37.3 Å². The maximum atomic E-state index is 13.0. The third-order valence-electron chi connectivity index (χ3n) is 5.58. The molecule has 28 heavy (non-hydrogen) atoms. The van der Waals surface area contributed by atoms with Gasteiger partial charge in [-0.2, -0.15) is 0 Å². The van der Waals surface area contributed by atoms with Crippen LogP contribution in [0.25, 0.3) is 0 Å². The lowest BCUT2D eigenvalue weighted by Crippen LogP contribution is -2.51. The lowest BCUT2D eigenvalue weighted by molar-refractivity contribution is 0.0126. The van der Waals surface area contributed by atoms with Crippen LogP contribution in [0.15, 0.2) is 24.3 Å². The van der Waals surface area contributed by atoms with Crippen LogP contribution in [-0.4, -0.2) is 67.9 Å². The average molecular weight is 390 g/mol. The number of methoxy groups -OCH3 is 1. The molecule has 156 valence electrons. The maximum absolute atomic E-state index is 13.0. The van der Waals surface area contributed by atoms with Crippen LogP contribution >= 0.6 is 0 Å². The smallest absolute Gasteiger partial charge is 0.318 e. The van der Waals surface area contributed by atoms with Gasteiger partial charge in [-0.15, -0.1) is 0 Å². The third-order valence-corrected chi connectivity index (χ3v) is 5.58. The largest absolute Gasteiger partial charge is 0.496 e. The van der Waals surface area contributed by atoms with Crippen molar-refractivity contribution in [2.45, 2.75) is 51.7 Å². The monoisotopic (exact) mass is 389 g/mol. The molecule has 1 aromatic rings. The van der Waals surface area contributed by atoms with Gasteiger partial charge in [-0.25, -0.2) is 4.79 Å². The Morgan fingerprint density at radius 2 is 2.00 bits per heavy atom. The molecule has 1 aromatic carbocycles. The fourth-order valence-electron chi connectivity index (χ4n) is 3.92. The van der Waals surface area contributed by atoms with E-state index in [0.717, 1.165) is 56.9 Å². The van der Waals surface area contributed by atoms with Crippen LogP contribution in [0.2, 0.25) is 0 Å². The van der Waals surface area contributed by atoms with Gasteiger partial charge in [0.05, 0.1) is 26.9 Å². The van der Waals surface area contributed by atoms with Gasteiger partial charge in [0.25, 0.3) is 0 Å². The summed E-state index contributed by atoms with van der Waals surface area (Å²) in [6.07, 6.45) is 3.25. The quantitative estimate of drug-likeness (QED) is 0.705. The molecular weight excluding hydrogens is 354 g/mol. The predicted molar refractivity (Wildman–Crippen MR) is 111 cm³/mol. The second kappa shape index (κ2) is 10.1. The van der Waals surface area contributed by atoms with E-state index in [-0.39, 0.29) is 6.03 Å². The Bertz CT molecular complexity index is 627. The SMILES string of the molecule is COc1ccccc1CN(C(=O)NCC(CC(C)C)N1CCOCC1)C1CC1. The molecule has 2 amide bonds.